The van der Waals surface area contributed by atoms with E-state index in [1.807, 2.05) is 0 Å². The van der Waals surface area contributed by atoms with Gasteiger partial charge in [0.25, 0.3) is 0 Å². The maximum absolute atomic E-state index is 10.3. The Morgan fingerprint density at radius 3 is 2.50 bits per heavy atom. The Balaban J connectivity index is 2.62. The summed E-state index contributed by atoms with van der Waals surface area (Å²) in [7, 11) is 1.63. The van der Waals surface area contributed by atoms with Gasteiger partial charge in [-0.15, -0.1) is 0 Å². The molecule has 1 heterocycles. The van der Waals surface area contributed by atoms with Gasteiger partial charge in [0, 0.05) is 19.5 Å². The molecule has 0 radical (unpaired) electrons. The van der Waals surface area contributed by atoms with E-state index in [2.05, 4.69) is 10.2 Å². The predicted octanol–water partition coefficient (Wildman–Crippen LogP) is -0.396. The topological polar surface area (TPSA) is 65.3 Å². The standard InChI is InChI=1S/C5H7N3O2/c1-8-6-2-4(3-7-8)5(9)10/h2-4H,1H3,(H,9,10). The second-order valence-electron chi connectivity index (χ2n) is 1.88. The van der Waals surface area contributed by atoms with Crippen LogP contribution in [0.1, 0.15) is 0 Å². The van der Waals surface area contributed by atoms with Gasteiger partial charge in [0.1, 0.15) is 5.92 Å². The lowest BCUT2D eigenvalue weighted by Crippen LogP contribution is -2.22. The van der Waals surface area contributed by atoms with Crippen LogP contribution in [-0.4, -0.2) is 35.7 Å². The third-order valence-electron chi connectivity index (χ3n) is 1.07. The summed E-state index contributed by atoms with van der Waals surface area (Å²) in [5.41, 5.74) is 0. The van der Waals surface area contributed by atoms with Gasteiger partial charge in [-0.2, -0.15) is 15.3 Å². The molecule has 1 rings (SSSR count). The highest BCUT2D eigenvalue weighted by Gasteiger charge is 2.14. The van der Waals surface area contributed by atoms with Crippen LogP contribution in [-0.2, 0) is 4.79 Å². The molecule has 0 aromatic carbocycles. The molecule has 0 aliphatic carbocycles. The van der Waals surface area contributed by atoms with Crippen LogP contribution in [0, 0.1) is 5.92 Å². The monoisotopic (exact) mass is 141 g/mol. The number of rotatable bonds is 1. The molecule has 0 atom stereocenters. The molecule has 0 aromatic rings. The van der Waals surface area contributed by atoms with Crippen molar-refractivity contribution in [3.05, 3.63) is 0 Å². The third kappa shape index (κ3) is 1.31. The van der Waals surface area contributed by atoms with Gasteiger partial charge >= 0.3 is 5.97 Å². The molecule has 0 bridgehead atoms. The van der Waals surface area contributed by atoms with Crippen molar-refractivity contribution in [2.75, 3.05) is 7.05 Å². The van der Waals surface area contributed by atoms with Crippen molar-refractivity contribution in [3.63, 3.8) is 0 Å². The Morgan fingerprint density at radius 1 is 1.60 bits per heavy atom. The lowest BCUT2D eigenvalue weighted by molar-refractivity contribution is -0.137. The quantitative estimate of drug-likeness (QED) is 0.540. The van der Waals surface area contributed by atoms with Gasteiger partial charge in [-0.1, -0.05) is 0 Å². The van der Waals surface area contributed by atoms with Gasteiger partial charge in [-0.25, -0.2) is 0 Å². The van der Waals surface area contributed by atoms with Crippen LogP contribution >= 0.6 is 0 Å². The second-order valence-corrected chi connectivity index (χ2v) is 1.88. The smallest absolute Gasteiger partial charge is 0.317 e. The van der Waals surface area contributed by atoms with E-state index in [0.717, 1.165) is 0 Å². The van der Waals surface area contributed by atoms with Crippen molar-refractivity contribution in [1.82, 2.24) is 5.12 Å². The van der Waals surface area contributed by atoms with E-state index >= 15 is 0 Å². The first-order valence-electron chi connectivity index (χ1n) is 2.75. The van der Waals surface area contributed by atoms with Gasteiger partial charge < -0.3 is 5.11 Å². The number of carboxylic acid groups (broad SMARTS) is 1. The van der Waals surface area contributed by atoms with Gasteiger partial charge in [0.2, 0.25) is 0 Å². The minimum Gasteiger partial charge on any atom is -0.480 e. The molecule has 0 spiro atoms. The van der Waals surface area contributed by atoms with Crippen LogP contribution in [0.3, 0.4) is 0 Å². The van der Waals surface area contributed by atoms with Gasteiger partial charge in [-0.05, 0) is 0 Å². The maximum atomic E-state index is 10.3. The van der Waals surface area contributed by atoms with E-state index in [4.69, 9.17) is 5.11 Å². The molecule has 0 saturated carbocycles. The molecular formula is C5H7N3O2. The van der Waals surface area contributed by atoms with Crippen LogP contribution in [0.5, 0.6) is 0 Å². The molecule has 1 aliphatic heterocycles. The third-order valence-corrected chi connectivity index (χ3v) is 1.07. The normalized spacial score (nSPS) is 17.9. The summed E-state index contributed by atoms with van der Waals surface area (Å²) in [6.45, 7) is 0. The van der Waals surface area contributed by atoms with Crippen molar-refractivity contribution < 1.29 is 9.90 Å². The summed E-state index contributed by atoms with van der Waals surface area (Å²) in [6.07, 6.45) is 2.66. The Hall–Kier alpha value is -1.39. The predicted molar refractivity (Wildman–Crippen MR) is 35.9 cm³/mol. The Kier molecular flexibility index (Phi) is 1.66. The molecule has 5 heteroatoms. The number of carbonyl (C=O) groups is 1. The first-order chi connectivity index (χ1) is 4.70. The number of hydrazone groups is 2. The van der Waals surface area contributed by atoms with Crippen LogP contribution in [0.15, 0.2) is 10.2 Å². The second kappa shape index (κ2) is 2.47. The highest BCUT2D eigenvalue weighted by atomic mass is 16.4. The summed E-state index contributed by atoms with van der Waals surface area (Å²) in [4.78, 5) is 10.3. The summed E-state index contributed by atoms with van der Waals surface area (Å²) in [6, 6.07) is 0. The Labute approximate surface area is 57.6 Å². The minimum absolute atomic E-state index is 0.670. The zero-order valence-corrected chi connectivity index (χ0v) is 5.43. The molecule has 10 heavy (non-hydrogen) atoms. The molecule has 0 unspecified atom stereocenters. The van der Waals surface area contributed by atoms with Gasteiger partial charge in [-0.3, -0.25) is 4.79 Å². The summed E-state index contributed by atoms with van der Waals surface area (Å²) in [5, 5.41) is 17.1. The number of carboxylic acids is 1. The van der Waals surface area contributed by atoms with E-state index in [1.165, 1.54) is 17.5 Å². The number of nitrogens with zero attached hydrogens (tertiary/aromatic N) is 3. The van der Waals surface area contributed by atoms with E-state index < -0.39 is 11.9 Å². The molecule has 54 valence electrons. The fourth-order valence-electron chi connectivity index (χ4n) is 0.532. The van der Waals surface area contributed by atoms with Crippen molar-refractivity contribution in [3.8, 4) is 0 Å². The Morgan fingerprint density at radius 2 is 2.10 bits per heavy atom. The SMILES string of the molecule is CN1N=CC(C(=O)O)C=N1. The summed E-state index contributed by atoms with van der Waals surface area (Å²) >= 11 is 0. The van der Waals surface area contributed by atoms with E-state index in [9.17, 15) is 4.79 Å². The van der Waals surface area contributed by atoms with E-state index in [-0.39, 0.29) is 0 Å². The van der Waals surface area contributed by atoms with Crippen LogP contribution in [0.2, 0.25) is 0 Å². The zero-order valence-electron chi connectivity index (χ0n) is 5.43. The molecule has 0 fully saturated rings. The first kappa shape index (κ1) is 6.73. The molecule has 0 amide bonds. The fourth-order valence-corrected chi connectivity index (χ4v) is 0.532. The first-order valence-corrected chi connectivity index (χ1v) is 2.75. The summed E-state index contributed by atoms with van der Waals surface area (Å²) in [5.74, 6) is -1.60. The molecule has 1 N–H and O–H groups in total. The largest absolute Gasteiger partial charge is 0.480 e. The van der Waals surface area contributed by atoms with Crippen LogP contribution < -0.4 is 0 Å². The highest BCUT2D eigenvalue weighted by molar-refractivity contribution is 6.04. The van der Waals surface area contributed by atoms with Crippen molar-refractivity contribution in [2.45, 2.75) is 0 Å². The Bertz CT molecular complexity index is 185. The molecule has 1 aliphatic rings. The van der Waals surface area contributed by atoms with Crippen molar-refractivity contribution in [2.24, 2.45) is 16.1 Å². The number of hydrogen-bond donors (Lipinski definition) is 1. The van der Waals surface area contributed by atoms with Crippen molar-refractivity contribution in [1.29, 1.82) is 0 Å². The van der Waals surface area contributed by atoms with Gasteiger partial charge in [0.15, 0.2) is 0 Å². The lowest BCUT2D eigenvalue weighted by atomic mass is 10.2. The van der Waals surface area contributed by atoms with Gasteiger partial charge in [0.05, 0.1) is 0 Å². The van der Waals surface area contributed by atoms with E-state index in [0.29, 0.717) is 0 Å². The molecule has 5 nitrogen and oxygen atoms in total. The zero-order chi connectivity index (χ0) is 7.56. The number of aliphatic carboxylic acids is 1. The van der Waals surface area contributed by atoms with Crippen LogP contribution in [0.4, 0.5) is 0 Å². The van der Waals surface area contributed by atoms with E-state index in [1.54, 1.807) is 7.05 Å². The number of hydrogen-bond acceptors (Lipinski definition) is 4. The molecular weight excluding hydrogens is 134 g/mol. The highest BCUT2D eigenvalue weighted by Crippen LogP contribution is 1.97. The summed E-state index contributed by atoms with van der Waals surface area (Å²) < 4.78 is 0. The average Bonchev–Trinajstić information content (AvgIpc) is 1.88. The average molecular weight is 141 g/mol. The molecule has 0 saturated heterocycles. The van der Waals surface area contributed by atoms with Crippen molar-refractivity contribution >= 4 is 18.4 Å². The fraction of sp³-hybridized carbons (Fsp3) is 0.400. The minimum atomic E-state index is -0.930. The molecule has 0 aromatic heterocycles. The lowest BCUT2D eigenvalue weighted by Gasteiger charge is -2.10. The maximum Gasteiger partial charge on any atom is 0.317 e. The van der Waals surface area contributed by atoms with Crippen LogP contribution in [0.25, 0.3) is 0 Å².